The molecule has 0 amide bonds. The Morgan fingerprint density at radius 1 is 1.12 bits per heavy atom. The number of aryl methyl sites for hydroxylation is 2. The molecule has 1 unspecified atom stereocenters. The molecule has 2 N–H and O–H groups in total. The van der Waals surface area contributed by atoms with Crippen molar-refractivity contribution in [2.75, 3.05) is 13.7 Å². The number of benzene rings is 1. The highest BCUT2D eigenvalue weighted by Gasteiger charge is 2.16. The second-order valence-electron chi connectivity index (χ2n) is 4.53. The van der Waals surface area contributed by atoms with Gasteiger partial charge in [0.25, 0.3) is 0 Å². The minimum atomic E-state index is 0.220. The molecular formula is C14H23NO. The van der Waals surface area contributed by atoms with Gasteiger partial charge < -0.3 is 10.4 Å². The Kier molecular flexibility index (Phi) is 4.51. The topological polar surface area (TPSA) is 32.3 Å². The zero-order chi connectivity index (χ0) is 12.3. The summed E-state index contributed by atoms with van der Waals surface area (Å²) in [5, 5.41) is 12.4. The molecule has 1 rings (SSSR count). The molecule has 0 fully saturated rings. The van der Waals surface area contributed by atoms with Crippen molar-refractivity contribution in [3.8, 4) is 0 Å². The quantitative estimate of drug-likeness (QED) is 0.819. The second-order valence-corrected chi connectivity index (χ2v) is 4.53. The van der Waals surface area contributed by atoms with Crippen LogP contribution >= 0.6 is 0 Å². The number of rotatable bonds is 4. The summed E-state index contributed by atoms with van der Waals surface area (Å²) in [5.74, 6) is 0. The third-order valence-corrected chi connectivity index (χ3v) is 3.54. The van der Waals surface area contributed by atoms with Crippen molar-refractivity contribution in [3.05, 3.63) is 33.9 Å². The lowest BCUT2D eigenvalue weighted by Crippen LogP contribution is -2.20. The molecule has 0 heterocycles. The summed E-state index contributed by atoms with van der Waals surface area (Å²) < 4.78 is 0. The highest BCUT2D eigenvalue weighted by atomic mass is 16.3. The normalized spacial score (nSPS) is 12.9. The average molecular weight is 221 g/mol. The molecule has 0 saturated carbocycles. The maximum Gasteiger partial charge on any atom is 0.0449 e. The Hall–Kier alpha value is -0.860. The first-order chi connectivity index (χ1) is 7.52. The number of aliphatic hydroxyl groups excluding tert-OH is 1. The lowest BCUT2D eigenvalue weighted by atomic mass is 9.88. The Bertz CT molecular complexity index is 345. The summed E-state index contributed by atoms with van der Waals surface area (Å²) in [4.78, 5) is 0. The third kappa shape index (κ3) is 2.45. The highest BCUT2D eigenvalue weighted by Crippen LogP contribution is 2.28. The summed E-state index contributed by atoms with van der Waals surface area (Å²) in [6, 6.07) is 2.49. The van der Waals surface area contributed by atoms with Gasteiger partial charge in [-0.15, -0.1) is 0 Å². The lowest BCUT2D eigenvalue weighted by molar-refractivity contribution is 0.268. The van der Waals surface area contributed by atoms with Crippen LogP contribution in [0.4, 0.5) is 0 Å². The summed E-state index contributed by atoms with van der Waals surface area (Å²) in [6.45, 7) is 8.85. The molecule has 1 atom stereocenters. The summed E-state index contributed by atoms with van der Waals surface area (Å²) in [7, 11) is 1.96. The van der Waals surface area contributed by atoms with E-state index in [0.29, 0.717) is 0 Å². The van der Waals surface area contributed by atoms with Crippen LogP contribution in [0, 0.1) is 27.7 Å². The van der Waals surface area contributed by atoms with Crippen molar-refractivity contribution in [3.63, 3.8) is 0 Å². The maximum absolute atomic E-state index is 9.11. The summed E-state index contributed by atoms with van der Waals surface area (Å²) >= 11 is 0. The Morgan fingerprint density at radius 2 is 1.62 bits per heavy atom. The first-order valence-electron chi connectivity index (χ1n) is 5.88. The van der Waals surface area contributed by atoms with E-state index in [2.05, 4.69) is 39.1 Å². The van der Waals surface area contributed by atoms with E-state index >= 15 is 0 Å². The fourth-order valence-electron chi connectivity index (χ4n) is 2.33. The third-order valence-electron chi connectivity index (χ3n) is 3.54. The zero-order valence-electron chi connectivity index (χ0n) is 11.0. The summed E-state index contributed by atoms with van der Waals surface area (Å²) in [6.07, 6.45) is 0.765. The van der Waals surface area contributed by atoms with Gasteiger partial charge in [0.15, 0.2) is 0 Å². The molecule has 0 aromatic heterocycles. The number of aliphatic hydroxyl groups is 1. The molecule has 1 aromatic rings. The predicted molar refractivity (Wildman–Crippen MR) is 68.9 cm³/mol. The van der Waals surface area contributed by atoms with E-state index < -0.39 is 0 Å². The minimum Gasteiger partial charge on any atom is -0.396 e. The van der Waals surface area contributed by atoms with E-state index in [1.54, 1.807) is 0 Å². The van der Waals surface area contributed by atoms with Crippen LogP contribution in [0.1, 0.15) is 40.3 Å². The van der Waals surface area contributed by atoms with Crippen molar-refractivity contribution in [1.82, 2.24) is 5.32 Å². The van der Waals surface area contributed by atoms with E-state index in [1.807, 2.05) is 7.05 Å². The van der Waals surface area contributed by atoms with Crippen LogP contribution in [-0.4, -0.2) is 18.8 Å². The van der Waals surface area contributed by atoms with Gasteiger partial charge in [0.05, 0.1) is 0 Å². The molecule has 2 nitrogen and oxygen atoms in total. The molecule has 0 aliphatic rings. The van der Waals surface area contributed by atoms with E-state index in [-0.39, 0.29) is 12.6 Å². The van der Waals surface area contributed by atoms with Gasteiger partial charge in [0.2, 0.25) is 0 Å². The fraction of sp³-hybridized carbons (Fsp3) is 0.571. The van der Waals surface area contributed by atoms with E-state index in [4.69, 9.17) is 5.11 Å². The number of nitrogens with one attached hydrogen (secondary N) is 1. The Morgan fingerprint density at radius 3 is 2.00 bits per heavy atom. The van der Waals surface area contributed by atoms with Gasteiger partial charge in [-0.25, -0.2) is 0 Å². The number of hydrogen-bond acceptors (Lipinski definition) is 2. The molecular weight excluding hydrogens is 198 g/mol. The molecule has 16 heavy (non-hydrogen) atoms. The van der Waals surface area contributed by atoms with Crippen LogP contribution in [0.15, 0.2) is 6.07 Å². The molecule has 90 valence electrons. The molecule has 0 spiro atoms. The van der Waals surface area contributed by atoms with Crippen LogP contribution in [0.3, 0.4) is 0 Å². The first kappa shape index (κ1) is 13.2. The molecule has 0 radical (unpaired) electrons. The highest BCUT2D eigenvalue weighted by molar-refractivity contribution is 5.45. The van der Waals surface area contributed by atoms with Crippen molar-refractivity contribution in [2.24, 2.45) is 0 Å². The van der Waals surface area contributed by atoms with Crippen molar-refractivity contribution < 1.29 is 5.11 Å². The largest absolute Gasteiger partial charge is 0.396 e. The Labute approximate surface area is 98.7 Å². The van der Waals surface area contributed by atoms with Crippen molar-refractivity contribution in [1.29, 1.82) is 0 Å². The van der Waals surface area contributed by atoms with Gasteiger partial charge in [-0.2, -0.15) is 0 Å². The lowest BCUT2D eigenvalue weighted by Gasteiger charge is -2.23. The Balaban J connectivity index is 3.29. The fourth-order valence-corrected chi connectivity index (χ4v) is 2.33. The summed E-state index contributed by atoms with van der Waals surface area (Å²) in [5.41, 5.74) is 6.70. The van der Waals surface area contributed by atoms with Gasteiger partial charge >= 0.3 is 0 Å². The van der Waals surface area contributed by atoms with E-state index in [0.717, 1.165) is 6.42 Å². The molecule has 0 saturated heterocycles. The van der Waals surface area contributed by atoms with Crippen LogP contribution in [-0.2, 0) is 0 Å². The first-order valence-corrected chi connectivity index (χ1v) is 5.88. The monoisotopic (exact) mass is 221 g/mol. The zero-order valence-corrected chi connectivity index (χ0v) is 11.0. The van der Waals surface area contributed by atoms with Gasteiger partial charge in [0.1, 0.15) is 0 Å². The SMILES string of the molecule is CNC(CCO)c1c(C)c(C)cc(C)c1C. The molecule has 0 aliphatic heterocycles. The van der Waals surface area contributed by atoms with Crippen molar-refractivity contribution in [2.45, 2.75) is 40.2 Å². The van der Waals surface area contributed by atoms with Gasteiger partial charge in [0, 0.05) is 12.6 Å². The standard InChI is InChI=1S/C14H23NO/c1-9-8-10(2)12(4)14(11(9)3)13(15-5)6-7-16/h8,13,15-16H,6-7H2,1-5H3. The molecule has 1 aromatic carbocycles. The number of hydrogen-bond donors (Lipinski definition) is 2. The smallest absolute Gasteiger partial charge is 0.0449 e. The van der Waals surface area contributed by atoms with Crippen LogP contribution in [0.2, 0.25) is 0 Å². The molecule has 0 aliphatic carbocycles. The predicted octanol–water partition coefficient (Wildman–Crippen LogP) is 2.56. The van der Waals surface area contributed by atoms with Crippen molar-refractivity contribution >= 4 is 0 Å². The van der Waals surface area contributed by atoms with Gasteiger partial charge in [-0.1, -0.05) is 6.07 Å². The average Bonchev–Trinajstić information content (AvgIpc) is 2.25. The molecule has 0 bridgehead atoms. The molecule has 2 heteroatoms. The van der Waals surface area contributed by atoms with Crippen LogP contribution in [0.25, 0.3) is 0 Å². The van der Waals surface area contributed by atoms with Crippen LogP contribution in [0.5, 0.6) is 0 Å². The van der Waals surface area contributed by atoms with Gasteiger partial charge in [-0.3, -0.25) is 0 Å². The van der Waals surface area contributed by atoms with E-state index in [1.165, 1.54) is 27.8 Å². The van der Waals surface area contributed by atoms with E-state index in [9.17, 15) is 0 Å². The minimum absolute atomic E-state index is 0.220. The van der Waals surface area contributed by atoms with Crippen LogP contribution < -0.4 is 5.32 Å². The van der Waals surface area contributed by atoms with Gasteiger partial charge in [-0.05, 0) is 69.0 Å². The maximum atomic E-state index is 9.11. The second kappa shape index (κ2) is 5.46.